The van der Waals surface area contributed by atoms with Crippen LogP contribution in [0.5, 0.6) is 5.75 Å². The van der Waals surface area contributed by atoms with Crippen LogP contribution in [0.25, 0.3) is 0 Å². The van der Waals surface area contributed by atoms with E-state index in [1.165, 1.54) is 0 Å². The highest BCUT2D eigenvalue weighted by Gasteiger charge is 2.09. The molecule has 0 heterocycles. The Balaban J connectivity index is 2.54. The fraction of sp³-hybridized carbons (Fsp3) is 0.500. The average Bonchev–Trinajstić information content (AvgIpc) is 2.39. The SMILES string of the molecule is COc1ccc(CN(C)C(=O)CNCCN)cc1C. The number of hydrogen-bond acceptors (Lipinski definition) is 4. The third kappa shape index (κ3) is 4.89. The average molecular weight is 265 g/mol. The van der Waals surface area contributed by atoms with E-state index < -0.39 is 0 Å². The van der Waals surface area contributed by atoms with Gasteiger partial charge in [-0.25, -0.2) is 0 Å². The topological polar surface area (TPSA) is 67.6 Å². The molecule has 0 spiro atoms. The molecule has 0 radical (unpaired) electrons. The summed E-state index contributed by atoms with van der Waals surface area (Å²) in [6, 6.07) is 5.94. The standard InChI is InChI=1S/C14H23N3O2/c1-11-8-12(4-5-13(11)19-3)10-17(2)14(18)9-16-7-6-15/h4-5,8,16H,6-7,9-10,15H2,1-3H3. The molecule has 0 saturated heterocycles. The smallest absolute Gasteiger partial charge is 0.236 e. The van der Waals surface area contributed by atoms with Gasteiger partial charge in [-0.2, -0.15) is 0 Å². The first-order valence-corrected chi connectivity index (χ1v) is 6.36. The number of nitrogens with zero attached hydrogens (tertiary/aromatic N) is 1. The van der Waals surface area contributed by atoms with Crippen LogP contribution in [-0.4, -0.2) is 44.6 Å². The molecule has 0 aliphatic rings. The molecule has 0 aliphatic heterocycles. The minimum atomic E-state index is 0.0573. The summed E-state index contributed by atoms with van der Waals surface area (Å²) >= 11 is 0. The van der Waals surface area contributed by atoms with Gasteiger partial charge in [0.2, 0.25) is 5.91 Å². The van der Waals surface area contributed by atoms with E-state index in [1.54, 1.807) is 19.1 Å². The normalized spacial score (nSPS) is 10.3. The number of nitrogens with one attached hydrogen (secondary N) is 1. The maximum atomic E-state index is 11.8. The number of hydrogen-bond donors (Lipinski definition) is 2. The number of rotatable bonds is 7. The summed E-state index contributed by atoms with van der Waals surface area (Å²) in [5.41, 5.74) is 7.52. The molecule has 0 bridgehead atoms. The highest BCUT2D eigenvalue weighted by molar-refractivity contribution is 5.77. The van der Waals surface area contributed by atoms with E-state index in [4.69, 9.17) is 10.5 Å². The summed E-state index contributed by atoms with van der Waals surface area (Å²) in [6.45, 7) is 4.10. The minimum absolute atomic E-state index is 0.0573. The van der Waals surface area contributed by atoms with Gasteiger partial charge in [0.15, 0.2) is 0 Å². The molecule has 19 heavy (non-hydrogen) atoms. The first-order valence-electron chi connectivity index (χ1n) is 6.36. The third-order valence-corrected chi connectivity index (χ3v) is 2.90. The number of benzene rings is 1. The lowest BCUT2D eigenvalue weighted by Crippen LogP contribution is -2.36. The second-order valence-electron chi connectivity index (χ2n) is 4.52. The van der Waals surface area contributed by atoms with Gasteiger partial charge >= 0.3 is 0 Å². The number of aryl methyl sites for hydroxylation is 1. The lowest BCUT2D eigenvalue weighted by Gasteiger charge is -2.18. The molecule has 106 valence electrons. The summed E-state index contributed by atoms with van der Waals surface area (Å²) in [5.74, 6) is 0.921. The van der Waals surface area contributed by atoms with E-state index in [2.05, 4.69) is 5.32 Å². The van der Waals surface area contributed by atoms with Crippen molar-refractivity contribution in [2.75, 3.05) is 33.8 Å². The van der Waals surface area contributed by atoms with Crippen molar-refractivity contribution < 1.29 is 9.53 Å². The van der Waals surface area contributed by atoms with E-state index >= 15 is 0 Å². The molecule has 1 aromatic rings. The Hall–Kier alpha value is -1.59. The Morgan fingerprint density at radius 3 is 2.79 bits per heavy atom. The van der Waals surface area contributed by atoms with Crippen LogP contribution in [0.3, 0.4) is 0 Å². The lowest BCUT2D eigenvalue weighted by atomic mass is 10.1. The molecule has 0 aromatic heterocycles. The molecule has 1 aromatic carbocycles. The van der Waals surface area contributed by atoms with Crippen LogP contribution in [0.15, 0.2) is 18.2 Å². The number of carbonyl (C=O) groups is 1. The number of nitrogens with two attached hydrogens (primary N) is 1. The van der Waals surface area contributed by atoms with Crippen LogP contribution >= 0.6 is 0 Å². The van der Waals surface area contributed by atoms with Crippen LogP contribution in [0.4, 0.5) is 0 Å². The highest BCUT2D eigenvalue weighted by Crippen LogP contribution is 2.19. The highest BCUT2D eigenvalue weighted by atomic mass is 16.5. The zero-order chi connectivity index (χ0) is 14.3. The van der Waals surface area contributed by atoms with Gasteiger partial charge in [0.05, 0.1) is 13.7 Å². The second-order valence-corrected chi connectivity index (χ2v) is 4.52. The Bertz CT molecular complexity index is 421. The van der Waals surface area contributed by atoms with Crippen molar-refractivity contribution in [1.29, 1.82) is 0 Å². The zero-order valence-corrected chi connectivity index (χ0v) is 11.9. The van der Waals surface area contributed by atoms with E-state index in [9.17, 15) is 4.79 Å². The molecular weight excluding hydrogens is 242 g/mol. The number of ether oxygens (including phenoxy) is 1. The summed E-state index contributed by atoms with van der Waals surface area (Å²) in [6.07, 6.45) is 0. The largest absolute Gasteiger partial charge is 0.496 e. The quantitative estimate of drug-likeness (QED) is 0.705. The molecule has 0 aliphatic carbocycles. The van der Waals surface area contributed by atoms with Crippen molar-refractivity contribution in [2.24, 2.45) is 5.73 Å². The molecule has 0 saturated carbocycles. The molecule has 5 heteroatoms. The van der Waals surface area contributed by atoms with Gasteiger partial charge in [-0.1, -0.05) is 12.1 Å². The van der Waals surface area contributed by atoms with Crippen molar-refractivity contribution in [1.82, 2.24) is 10.2 Å². The summed E-state index contributed by atoms with van der Waals surface area (Å²) in [5, 5.41) is 2.99. The first kappa shape index (κ1) is 15.5. The fourth-order valence-corrected chi connectivity index (χ4v) is 1.83. The molecule has 1 amide bonds. The number of amides is 1. The summed E-state index contributed by atoms with van der Waals surface area (Å²) in [4.78, 5) is 13.5. The molecule has 0 atom stereocenters. The number of likely N-dealkylation sites (N-methyl/N-ethyl adjacent to an activating group) is 1. The second kappa shape index (κ2) is 7.76. The maximum Gasteiger partial charge on any atom is 0.236 e. The Kier molecular flexibility index (Phi) is 6.32. The van der Waals surface area contributed by atoms with Gasteiger partial charge < -0.3 is 20.7 Å². The van der Waals surface area contributed by atoms with Crippen molar-refractivity contribution in [2.45, 2.75) is 13.5 Å². The van der Waals surface area contributed by atoms with E-state index in [0.717, 1.165) is 16.9 Å². The van der Waals surface area contributed by atoms with E-state index in [1.807, 2.05) is 25.1 Å². The lowest BCUT2D eigenvalue weighted by molar-refractivity contribution is -0.129. The van der Waals surface area contributed by atoms with Gasteiger partial charge in [0.1, 0.15) is 5.75 Å². The van der Waals surface area contributed by atoms with E-state index in [0.29, 0.717) is 26.2 Å². The van der Waals surface area contributed by atoms with Crippen LogP contribution < -0.4 is 15.8 Å². The molecule has 1 rings (SSSR count). The predicted octanol–water partition coefficient (Wildman–Crippen LogP) is 0.510. The van der Waals surface area contributed by atoms with Crippen LogP contribution in [-0.2, 0) is 11.3 Å². The van der Waals surface area contributed by atoms with Crippen molar-refractivity contribution in [3.8, 4) is 5.75 Å². The predicted molar refractivity (Wildman–Crippen MR) is 76.1 cm³/mol. The van der Waals surface area contributed by atoms with Crippen LogP contribution in [0.1, 0.15) is 11.1 Å². The molecule has 0 fully saturated rings. The fourth-order valence-electron chi connectivity index (χ4n) is 1.83. The van der Waals surface area contributed by atoms with Crippen molar-refractivity contribution in [3.63, 3.8) is 0 Å². The number of carbonyl (C=O) groups excluding carboxylic acids is 1. The van der Waals surface area contributed by atoms with Crippen molar-refractivity contribution >= 4 is 5.91 Å². The van der Waals surface area contributed by atoms with Crippen LogP contribution in [0, 0.1) is 6.92 Å². The third-order valence-electron chi connectivity index (χ3n) is 2.90. The van der Waals surface area contributed by atoms with Gasteiger partial charge in [-0.15, -0.1) is 0 Å². The maximum absolute atomic E-state index is 11.8. The van der Waals surface area contributed by atoms with Gasteiger partial charge in [-0.05, 0) is 24.1 Å². The van der Waals surface area contributed by atoms with Gasteiger partial charge in [0, 0.05) is 26.7 Å². The molecule has 3 N–H and O–H groups in total. The summed E-state index contributed by atoms with van der Waals surface area (Å²) < 4.78 is 5.22. The monoisotopic (exact) mass is 265 g/mol. The molecule has 5 nitrogen and oxygen atoms in total. The molecule has 0 unspecified atom stereocenters. The zero-order valence-electron chi connectivity index (χ0n) is 11.9. The Labute approximate surface area is 114 Å². The first-order chi connectivity index (χ1) is 9.08. The van der Waals surface area contributed by atoms with Crippen molar-refractivity contribution in [3.05, 3.63) is 29.3 Å². The van der Waals surface area contributed by atoms with E-state index in [-0.39, 0.29) is 5.91 Å². The summed E-state index contributed by atoms with van der Waals surface area (Å²) in [7, 11) is 3.45. The van der Waals surface area contributed by atoms with Gasteiger partial charge in [0.25, 0.3) is 0 Å². The Morgan fingerprint density at radius 2 is 2.21 bits per heavy atom. The molecular formula is C14H23N3O2. The minimum Gasteiger partial charge on any atom is -0.496 e. The Morgan fingerprint density at radius 1 is 1.47 bits per heavy atom. The van der Waals surface area contributed by atoms with Crippen LogP contribution in [0.2, 0.25) is 0 Å². The number of methoxy groups -OCH3 is 1. The van der Waals surface area contributed by atoms with Gasteiger partial charge in [-0.3, -0.25) is 4.79 Å².